The summed E-state index contributed by atoms with van der Waals surface area (Å²) in [7, 11) is 0. The maximum atomic E-state index is 12.6. The number of rotatable bonds is 3. The molecule has 0 aromatic heterocycles. The molecular formula is C19H24N2O4. The fourth-order valence-corrected chi connectivity index (χ4v) is 4.02. The van der Waals surface area contributed by atoms with Gasteiger partial charge in [-0.1, -0.05) is 19.3 Å². The van der Waals surface area contributed by atoms with Gasteiger partial charge in [-0.25, -0.2) is 0 Å². The largest absolute Gasteiger partial charge is 0.486 e. The Morgan fingerprint density at radius 2 is 1.84 bits per heavy atom. The predicted molar refractivity (Wildman–Crippen MR) is 92.8 cm³/mol. The van der Waals surface area contributed by atoms with Crippen molar-refractivity contribution in [3.8, 4) is 11.5 Å². The molecule has 1 saturated carbocycles. The minimum Gasteiger partial charge on any atom is -0.486 e. The van der Waals surface area contributed by atoms with Gasteiger partial charge in [-0.15, -0.1) is 0 Å². The van der Waals surface area contributed by atoms with Gasteiger partial charge in [-0.3, -0.25) is 9.59 Å². The van der Waals surface area contributed by atoms with Crippen LogP contribution < -0.4 is 14.8 Å². The number of anilines is 1. The Morgan fingerprint density at radius 1 is 1.08 bits per heavy atom. The van der Waals surface area contributed by atoms with Crippen LogP contribution in [0.15, 0.2) is 18.2 Å². The van der Waals surface area contributed by atoms with Gasteiger partial charge in [0, 0.05) is 30.8 Å². The topological polar surface area (TPSA) is 67.9 Å². The third kappa shape index (κ3) is 3.43. The molecule has 0 bridgehead atoms. The van der Waals surface area contributed by atoms with Gasteiger partial charge in [-0.05, 0) is 25.0 Å². The second-order valence-corrected chi connectivity index (χ2v) is 7.09. The first-order valence-electron chi connectivity index (χ1n) is 9.21. The number of ether oxygens (including phenoxy) is 2. The smallest absolute Gasteiger partial charge is 0.229 e. The van der Waals surface area contributed by atoms with Crippen molar-refractivity contribution < 1.29 is 19.1 Å². The van der Waals surface area contributed by atoms with Crippen LogP contribution in [0.5, 0.6) is 11.5 Å². The normalized spacial score (nSPS) is 23.6. The van der Waals surface area contributed by atoms with Gasteiger partial charge < -0.3 is 19.7 Å². The van der Waals surface area contributed by atoms with Crippen molar-refractivity contribution in [1.29, 1.82) is 0 Å². The van der Waals surface area contributed by atoms with Gasteiger partial charge in [0.15, 0.2) is 11.5 Å². The number of amides is 2. The fourth-order valence-electron chi connectivity index (χ4n) is 4.02. The molecule has 1 aromatic rings. The molecule has 1 saturated heterocycles. The number of nitrogens with zero attached hydrogens (tertiary/aromatic N) is 1. The number of likely N-dealkylation sites (tertiary alicyclic amines) is 1. The van der Waals surface area contributed by atoms with Gasteiger partial charge in [0.1, 0.15) is 13.2 Å². The van der Waals surface area contributed by atoms with Crippen molar-refractivity contribution in [2.45, 2.75) is 44.6 Å². The predicted octanol–water partition coefficient (Wildman–Crippen LogP) is 2.58. The number of carbonyl (C=O) groups excluding carboxylic acids is 2. The van der Waals surface area contributed by atoms with Crippen LogP contribution >= 0.6 is 0 Å². The number of nitrogens with one attached hydrogen (secondary N) is 1. The first-order chi connectivity index (χ1) is 12.2. The second-order valence-electron chi connectivity index (χ2n) is 7.09. The van der Waals surface area contributed by atoms with Crippen LogP contribution in [0.2, 0.25) is 0 Å². The first-order valence-corrected chi connectivity index (χ1v) is 9.21. The van der Waals surface area contributed by atoms with E-state index in [1.54, 1.807) is 18.2 Å². The van der Waals surface area contributed by atoms with E-state index in [-0.39, 0.29) is 17.7 Å². The minimum absolute atomic E-state index is 0.0941. The Morgan fingerprint density at radius 3 is 2.64 bits per heavy atom. The highest BCUT2D eigenvalue weighted by atomic mass is 16.6. The number of hydrogen-bond donors (Lipinski definition) is 1. The number of fused-ring (bicyclic) bond motifs is 1. The third-order valence-corrected chi connectivity index (χ3v) is 5.35. The van der Waals surface area contributed by atoms with Crippen molar-refractivity contribution in [3.05, 3.63) is 18.2 Å². The molecule has 0 spiro atoms. The molecule has 2 aliphatic heterocycles. The molecular weight excluding hydrogens is 320 g/mol. The van der Waals surface area contributed by atoms with E-state index in [9.17, 15) is 9.59 Å². The lowest BCUT2D eigenvalue weighted by Gasteiger charge is -2.31. The Balaban J connectivity index is 1.39. The van der Waals surface area contributed by atoms with E-state index in [0.717, 1.165) is 12.8 Å². The summed E-state index contributed by atoms with van der Waals surface area (Å²) >= 11 is 0. The van der Waals surface area contributed by atoms with Gasteiger partial charge in [-0.2, -0.15) is 0 Å². The van der Waals surface area contributed by atoms with Crippen LogP contribution in [-0.2, 0) is 9.59 Å². The standard InChI is InChI=1S/C19H24N2O4/c22-18-10-13(12-21(18)15-4-2-1-3-5-15)19(23)20-14-6-7-16-17(11-14)25-9-8-24-16/h6-7,11,13,15H,1-5,8-10,12H2,(H,20,23)/t13-/m0/s1. The highest BCUT2D eigenvalue weighted by molar-refractivity contribution is 5.97. The molecule has 0 unspecified atom stereocenters. The maximum absolute atomic E-state index is 12.6. The molecule has 0 radical (unpaired) electrons. The van der Waals surface area contributed by atoms with Gasteiger partial charge in [0.05, 0.1) is 5.92 Å². The molecule has 1 atom stereocenters. The first kappa shape index (κ1) is 16.2. The summed E-state index contributed by atoms with van der Waals surface area (Å²) in [6.07, 6.45) is 6.08. The fraction of sp³-hybridized carbons (Fsp3) is 0.579. The minimum atomic E-state index is -0.275. The van der Waals surface area contributed by atoms with E-state index < -0.39 is 0 Å². The molecule has 2 heterocycles. The van der Waals surface area contributed by atoms with Gasteiger partial charge in [0.25, 0.3) is 0 Å². The lowest BCUT2D eigenvalue weighted by molar-refractivity contribution is -0.130. The van der Waals surface area contributed by atoms with Crippen molar-refractivity contribution in [2.75, 3.05) is 25.1 Å². The Hall–Kier alpha value is -2.24. The zero-order chi connectivity index (χ0) is 17.2. The average Bonchev–Trinajstić information content (AvgIpc) is 3.04. The zero-order valence-corrected chi connectivity index (χ0v) is 14.3. The average molecular weight is 344 g/mol. The Labute approximate surface area is 147 Å². The lowest BCUT2D eigenvalue weighted by atomic mass is 9.94. The van der Waals surface area contributed by atoms with E-state index in [1.807, 2.05) is 4.90 Å². The Bertz CT molecular complexity index is 669. The van der Waals surface area contributed by atoms with Crippen LogP contribution in [0.1, 0.15) is 38.5 Å². The monoisotopic (exact) mass is 344 g/mol. The molecule has 1 N–H and O–H groups in total. The number of hydrogen-bond acceptors (Lipinski definition) is 4. The third-order valence-electron chi connectivity index (χ3n) is 5.35. The summed E-state index contributed by atoms with van der Waals surface area (Å²) in [6, 6.07) is 5.72. The van der Waals surface area contributed by atoms with Crippen LogP contribution in [0.4, 0.5) is 5.69 Å². The van der Waals surface area contributed by atoms with Crippen LogP contribution in [0, 0.1) is 5.92 Å². The maximum Gasteiger partial charge on any atom is 0.229 e. The summed E-state index contributed by atoms with van der Waals surface area (Å²) < 4.78 is 11.0. The zero-order valence-electron chi connectivity index (χ0n) is 14.3. The summed E-state index contributed by atoms with van der Waals surface area (Å²) in [4.78, 5) is 26.9. The highest BCUT2D eigenvalue weighted by Crippen LogP contribution is 2.33. The molecule has 6 heteroatoms. The number of carbonyl (C=O) groups is 2. The highest BCUT2D eigenvalue weighted by Gasteiger charge is 2.38. The van der Waals surface area contributed by atoms with Gasteiger partial charge >= 0.3 is 0 Å². The molecule has 1 aromatic carbocycles. The molecule has 134 valence electrons. The molecule has 2 fully saturated rings. The number of benzene rings is 1. The van der Waals surface area contributed by atoms with Crippen molar-refractivity contribution in [3.63, 3.8) is 0 Å². The Kier molecular flexibility index (Phi) is 4.51. The van der Waals surface area contributed by atoms with Crippen molar-refractivity contribution in [2.24, 2.45) is 5.92 Å². The molecule has 4 rings (SSSR count). The summed E-state index contributed by atoms with van der Waals surface area (Å²) in [6.45, 7) is 1.59. The summed E-state index contributed by atoms with van der Waals surface area (Å²) in [5, 5.41) is 2.92. The SMILES string of the molecule is O=C(Nc1ccc2c(c1)OCCO2)[C@H]1CC(=O)N(C2CCCCC2)C1. The van der Waals surface area contributed by atoms with E-state index in [2.05, 4.69) is 5.32 Å². The van der Waals surface area contributed by atoms with E-state index >= 15 is 0 Å². The summed E-state index contributed by atoms with van der Waals surface area (Å²) in [5.41, 5.74) is 0.679. The van der Waals surface area contributed by atoms with E-state index in [4.69, 9.17) is 9.47 Å². The van der Waals surface area contributed by atoms with Crippen molar-refractivity contribution in [1.82, 2.24) is 4.90 Å². The molecule has 2 amide bonds. The quantitative estimate of drug-likeness (QED) is 0.915. The van der Waals surface area contributed by atoms with Gasteiger partial charge in [0.2, 0.25) is 11.8 Å². The second kappa shape index (κ2) is 6.94. The van der Waals surface area contributed by atoms with Crippen LogP contribution in [-0.4, -0.2) is 42.5 Å². The molecule has 6 nitrogen and oxygen atoms in total. The molecule has 25 heavy (non-hydrogen) atoms. The van der Waals surface area contributed by atoms with Crippen molar-refractivity contribution >= 4 is 17.5 Å². The summed E-state index contributed by atoms with van der Waals surface area (Å²) in [5.74, 6) is 1.10. The molecule has 1 aliphatic carbocycles. The van der Waals surface area contributed by atoms with E-state index in [0.29, 0.717) is 49.4 Å². The lowest BCUT2D eigenvalue weighted by Crippen LogP contribution is -2.38. The van der Waals surface area contributed by atoms with Crippen LogP contribution in [0.25, 0.3) is 0 Å². The van der Waals surface area contributed by atoms with Crippen LogP contribution in [0.3, 0.4) is 0 Å². The molecule has 3 aliphatic rings. The van der Waals surface area contributed by atoms with E-state index in [1.165, 1.54) is 19.3 Å².